The molecule has 20 heavy (non-hydrogen) atoms. The molecule has 2 aromatic rings. The average molecular weight is 314 g/mol. The number of nitrogens with one attached hydrogen (secondary N) is 2. The first-order chi connectivity index (χ1) is 9.31. The summed E-state index contributed by atoms with van der Waals surface area (Å²) in [5.41, 5.74) is 2.02. The number of H-pyrrole nitrogens is 1. The van der Waals surface area contributed by atoms with Gasteiger partial charge < -0.3 is 0 Å². The number of hydrogen-bond acceptors (Lipinski definition) is 5. The van der Waals surface area contributed by atoms with E-state index in [1.165, 1.54) is 0 Å². The van der Waals surface area contributed by atoms with Gasteiger partial charge >= 0.3 is 0 Å². The zero-order valence-electron chi connectivity index (χ0n) is 11.9. The summed E-state index contributed by atoms with van der Waals surface area (Å²) in [4.78, 5) is 5.69. The summed E-state index contributed by atoms with van der Waals surface area (Å²) in [7, 11) is -3.51. The van der Waals surface area contributed by atoms with E-state index in [-0.39, 0.29) is 4.90 Å². The number of hydrogen-bond donors (Lipinski definition) is 2. The smallest absolute Gasteiger partial charge is 0.244 e. The van der Waals surface area contributed by atoms with E-state index in [1.54, 1.807) is 25.2 Å². The molecule has 0 aromatic carbocycles. The molecule has 0 bridgehead atoms. The van der Waals surface area contributed by atoms with Crippen LogP contribution in [-0.4, -0.2) is 30.1 Å². The minimum Gasteiger partial charge on any atom is -0.281 e. The lowest BCUT2D eigenvalue weighted by Gasteiger charge is -2.06. The van der Waals surface area contributed by atoms with E-state index in [9.17, 15) is 8.42 Å². The van der Waals surface area contributed by atoms with Crippen molar-refractivity contribution in [3.63, 3.8) is 0 Å². The number of aromatic amines is 1. The van der Waals surface area contributed by atoms with Gasteiger partial charge in [0.2, 0.25) is 10.0 Å². The van der Waals surface area contributed by atoms with E-state index in [0.29, 0.717) is 24.4 Å². The van der Waals surface area contributed by atoms with Crippen LogP contribution in [-0.2, 0) is 16.4 Å². The second-order valence-corrected chi connectivity index (χ2v) is 7.64. The lowest BCUT2D eigenvalue weighted by Crippen LogP contribution is -2.26. The molecule has 0 unspecified atom stereocenters. The third-order valence-electron chi connectivity index (χ3n) is 2.97. The van der Waals surface area contributed by atoms with Crippen molar-refractivity contribution in [3.05, 3.63) is 27.0 Å². The van der Waals surface area contributed by atoms with Crippen LogP contribution in [0, 0.1) is 27.7 Å². The van der Waals surface area contributed by atoms with Gasteiger partial charge in [0.15, 0.2) is 0 Å². The Kier molecular flexibility index (Phi) is 4.26. The van der Waals surface area contributed by atoms with Gasteiger partial charge in [0.1, 0.15) is 4.90 Å². The highest BCUT2D eigenvalue weighted by Gasteiger charge is 2.21. The maximum atomic E-state index is 12.2. The third-order valence-corrected chi connectivity index (χ3v) is 5.83. The van der Waals surface area contributed by atoms with E-state index in [0.717, 1.165) is 15.6 Å². The highest BCUT2D eigenvalue weighted by atomic mass is 32.2. The van der Waals surface area contributed by atoms with Crippen molar-refractivity contribution in [1.82, 2.24) is 19.9 Å². The zero-order chi connectivity index (χ0) is 14.9. The predicted octanol–water partition coefficient (Wildman–Crippen LogP) is 1.62. The maximum Gasteiger partial charge on any atom is 0.244 e. The van der Waals surface area contributed by atoms with Crippen molar-refractivity contribution >= 4 is 21.4 Å². The van der Waals surface area contributed by atoms with E-state index in [2.05, 4.69) is 19.9 Å². The Labute approximate surface area is 122 Å². The number of sulfonamides is 1. The lowest BCUT2D eigenvalue weighted by atomic mass is 10.3. The molecule has 0 atom stereocenters. The van der Waals surface area contributed by atoms with Gasteiger partial charge in [-0.05, 0) is 34.1 Å². The molecule has 6 nitrogen and oxygen atoms in total. The van der Waals surface area contributed by atoms with Gasteiger partial charge in [-0.25, -0.2) is 18.1 Å². The van der Waals surface area contributed by atoms with Crippen LogP contribution in [0.5, 0.6) is 0 Å². The van der Waals surface area contributed by atoms with Crippen LogP contribution >= 0.6 is 11.3 Å². The van der Waals surface area contributed by atoms with E-state index in [1.807, 2.05) is 13.8 Å². The van der Waals surface area contributed by atoms with E-state index >= 15 is 0 Å². The van der Waals surface area contributed by atoms with Crippen LogP contribution in [0.4, 0.5) is 0 Å². The average Bonchev–Trinajstić information content (AvgIpc) is 2.82. The summed E-state index contributed by atoms with van der Waals surface area (Å²) in [6.07, 6.45) is 0.645. The van der Waals surface area contributed by atoms with Crippen molar-refractivity contribution in [1.29, 1.82) is 0 Å². The molecule has 0 radical (unpaired) electrons. The Balaban J connectivity index is 2.05. The molecule has 2 rings (SSSR count). The molecule has 0 aliphatic heterocycles. The number of thiazole rings is 1. The minimum absolute atomic E-state index is 0.245. The lowest BCUT2D eigenvalue weighted by molar-refractivity contribution is 0.580. The molecular formula is C12H18N4O2S2. The molecule has 0 saturated heterocycles. The molecule has 8 heteroatoms. The van der Waals surface area contributed by atoms with Gasteiger partial charge in [-0.3, -0.25) is 5.10 Å². The largest absolute Gasteiger partial charge is 0.281 e. The Morgan fingerprint density at radius 1 is 1.20 bits per heavy atom. The number of nitrogens with zero attached hydrogens (tertiary/aromatic N) is 2. The fraction of sp³-hybridized carbons (Fsp3) is 0.500. The van der Waals surface area contributed by atoms with Crippen LogP contribution in [0.3, 0.4) is 0 Å². The van der Waals surface area contributed by atoms with Crippen LogP contribution in [0.2, 0.25) is 0 Å². The van der Waals surface area contributed by atoms with Gasteiger partial charge in [-0.15, -0.1) is 11.3 Å². The Hall–Kier alpha value is -1.25. The monoisotopic (exact) mass is 314 g/mol. The molecule has 2 N–H and O–H groups in total. The quantitative estimate of drug-likeness (QED) is 0.878. The fourth-order valence-electron chi connectivity index (χ4n) is 2.11. The Morgan fingerprint density at radius 3 is 2.40 bits per heavy atom. The van der Waals surface area contributed by atoms with Crippen molar-refractivity contribution < 1.29 is 8.42 Å². The van der Waals surface area contributed by atoms with Gasteiger partial charge in [0.05, 0.1) is 22.1 Å². The van der Waals surface area contributed by atoms with Crippen LogP contribution in [0.25, 0.3) is 0 Å². The number of aryl methyl sites for hydroxylation is 4. The molecule has 0 saturated carbocycles. The second-order valence-electron chi connectivity index (χ2n) is 4.65. The first-order valence-electron chi connectivity index (χ1n) is 6.25. The normalized spacial score (nSPS) is 12.0. The van der Waals surface area contributed by atoms with Crippen molar-refractivity contribution in [2.75, 3.05) is 6.54 Å². The van der Waals surface area contributed by atoms with E-state index in [4.69, 9.17) is 0 Å². The molecular weight excluding hydrogens is 296 g/mol. The fourth-order valence-corrected chi connectivity index (χ4v) is 4.45. The second kappa shape index (κ2) is 5.63. The van der Waals surface area contributed by atoms with Crippen molar-refractivity contribution in [2.45, 2.75) is 39.0 Å². The highest BCUT2D eigenvalue weighted by Crippen LogP contribution is 2.19. The Bertz CT molecular complexity index is 696. The summed E-state index contributed by atoms with van der Waals surface area (Å²) in [5, 5.41) is 7.60. The van der Waals surface area contributed by atoms with Gasteiger partial charge in [0, 0.05) is 11.4 Å². The molecule has 2 aromatic heterocycles. The summed E-state index contributed by atoms with van der Waals surface area (Å²) >= 11 is 1.60. The molecule has 0 spiro atoms. The topological polar surface area (TPSA) is 87.7 Å². The molecule has 110 valence electrons. The van der Waals surface area contributed by atoms with Crippen molar-refractivity contribution in [2.24, 2.45) is 0 Å². The molecule has 0 fully saturated rings. The minimum atomic E-state index is -3.51. The van der Waals surface area contributed by atoms with E-state index < -0.39 is 10.0 Å². The highest BCUT2D eigenvalue weighted by molar-refractivity contribution is 7.89. The number of rotatable bonds is 5. The Morgan fingerprint density at radius 2 is 1.90 bits per heavy atom. The first-order valence-corrected chi connectivity index (χ1v) is 8.55. The van der Waals surface area contributed by atoms with Crippen LogP contribution in [0.15, 0.2) is 4.90 Å². The molecule has 2 heterocycles. The maximum absolute atomic E-state index is 12.2. The van der Waals surface area contributed by atoms with Gasteiger partial charge in [-0.2, -0.15) is 5.10 Å². The molecule has 0 aliphatic carbocycles. The molecule has 0 aliphatic rings. The first kappa shape index (κ1) is 15.1. The summed E-state index contributed by atoms with van der Waals surface area (Å²) in [6, 6.07) is 0. The summed E-state index contributed by atoms with van der Waals surface area (Å²) in [5.74, 6) is 0. The van der Waals surface area contributed by atoms with Crippen molar-refractivity contribution in [3.8, 4) is 0 Å². The SMILES string of the molecule is Cc1nc(C)c(CCNS(=O)(=O)c2c(C)n[nH]c2C)s1. The van der Waals surface area contributed by atoms with Gasteiger partial charge in [-0.1, -0.05) is 0 Å². The third kappa shape index (κ3) is 3.08. The zero-order valence-corrected chi connectivity index (χ0v) is 13.6. The summed E-state index contributed by atoms with van der Waals surface area (Å²) in [6.45, 7) is 7.62. The van der Waals surface area contributed by atoms with Crippen LogP contribution < -0.4 is 4.72 Å². The standard InChI is InChI=1S/C12H18N4O2S2/c1-7-11(19-10(4)14-7)5-6-13-20(17,18)12-8(2)15-16-9(12)3/h13H,5-6H2,1-4H3,(H,15,16). The predicted molar refractivity (Wildman–Crippen MR) is 78.5 cm³/mol. The summed E-state index contributed by atoms with van der Waals surface area (Å²) < 4.78 is 27.1. The number of aromatic nitrogens is 3. The molecule has 0 amide bonds. The van der Waals surface area contributed by atoms with Crippen LogP contribution in [0.1, 0.15) is 27.0 Å². The van der Waals surface area contributed by atoms with Gasteiger partial charge in [0.25, 0.3) is 0 Å².